The number of hydrogen-bond donors (Lipinski definition) is 1. The van der Waals surface area contributed by atoms with E-state index in [0.717, 1.165) is 16.7 Å². The molecule has 3 saturated carbocycles. The van der Waals surface area contributed by atoms with Gasteiger partial charge in [0, 0.05) is 18.9 Å². The highest BCUT2D eigenvalue weighted by Gasteiger charge is 2.57. The largest absolute Gasteiger partial charge is 0.487 e. The first-order valence-corrected chi connectivity index (χ1v) is 11.1. The standard InChI is InChI=1S/C22H27BrN4O3/c1-13-16-8-15(22(16,2)3)9-17(13)30-18-11-26-27(21(29)20(18)23)12-19(28)25-10-14-4-6-24-7-5-14/h4-7,11,13,15-17H,8-10,12H2,1-3H3,(H,25,28)/t13-,15+,16+,17+/m0/s1. The molecule has 1 N–H and O–H groups in total. The number of aromatic nitrogens is 3. The molecule has 3 aliphatic carbocycles. The van der Waals surface area contributed by atoms with Gasteiger partial charge in [-0.15, -0.1) is 0 Å². The summed E-state index contributed by atoms with van der Waals surface area (Å²) in [5.41, 5.74) is 0.939. The molecule has 3 aliphatic rings. The van der Waals surface area contributed by atoms with E-state index in [4.69, 9.17) is 4.74 Å². The van der Waals surface area contributed by atoms with Crippen molar-refractivity contribution >= 4 is 21.8 Å². The molecule has 0 radical (unpaired) electrons. The van der Waals surface area contributed by atoms with Gasteiger partial charge in [-0.3, -0.25) is 14.6 Å². The van der Waals surface area contributed by atoms with Crippen LogP contribution in [0.1, 0.15) is 39.2 Å². The monoisotopic (exact) mass is 474 g/mol. The van der Waals surface area contributed by atoms with E-state index in [1.807, 2.05) is 12.1 Å². The Morgan fingerprint density at radius 3 is 2.73 bits per heavy atom. The second-order valence-electron chi connectivity index (χ2n) is 9.03. The van der Waals surface area contributed by atoms with Crippen LogP contribution in [-0.2, 0) is 17.9 Å². The minimum Gasteiger partial charge on any atom is -0.487 e. The molecule has 2 aromatic rings. The van der Waals surface area contributed by atoms with Crippen LogP contribution in [-0.4, -0.2) is 26.8 Å². The first kappa shape index (κ1) is 21.0. The number of fused-ring (bicyclic) bond motifs is 2. The van der Waals surface area contributed by atoms with E-state index in [0.29, 0.717) is 39.9 Å². The maximum Gasteiger partial charge on any atom is 0.285 e. The Morgan fingerprint density at radius 2 is 2.07 bits per heavy atom. The van der Waals surface area contributed by atoms with E-state index in [9.17, 15) is 9.59 Å². The highest BCUT2D eigenvalue weighted by molar-refractivity contribution is 9.10. The number of ether oxygens (including phenoxy) is 1. The number of amides is 1. The molecule has 7 nitrogen and oxygen atoms in total. The number of halogens is 1. The number of rotatable bonds is 6. The van der Waals surface area contributed by atoms with Crippen LogP contribution < -0.4 is 15.6 Å². The first-order chi connectivity index (χ1) is 14.3. The summed E-state index contributed by atoms with van der Waals surface area (Å²) in [5, 5.41) is 6.95. The topological polar surface area (TPSA) is 86.1 Å². The number of nitrogens with one attached hydrogen (secondary N) is 1. The van der Waals surface area contributed by atoms with Gasteiger partial charge < -0.3 is 10.1 Å². The van der Waals surface area contributed by atoms with Crippen molar-refractivity contribution in [2.45, 2.75) is 52.8 Å². The van der Waals surface area contributed by atoms with Crippen LogP contribution in [0, 0.1) is 23.2 Å². The smallest absolute Gasteiger partial charge is 0.285 e. The summed E-state index contributed by atoms with van der Waals surface area (Å²) in [6, 6.07) is 3.65. The fraction of sp³-hybridized carbons (Fsp3) is 0.545. The fourth-order valence-corrected chi connectivity index (χ4v) is 5.36. The summed E-state index contributed by atoms with van der Waals surface area (Å²) in [5.74, 6) is 1.91. The second-order valence-corrected chi connectivity index (χ2v) is 9.82. The molecule has 160 valence electrons. The molecule has 2 heterocycles. The third kappa shape index (κ3) is 3.89. The molecule has 0 aliphatic heterocycles. The van der Waals surface area contributed by atoms with Gasteiger partial charge in [0.15, 0.2) is 5.75 Å². The van der Waals surface area contributed by atoms with Crippen LogP contribution in [0.3, 0.4) is 0 Å². The Hall–Kier alpha value is -2.22. The zero-order chi connectivity index (χ0) is 21.5. The van der Waals surface area contributed by atoms with E-state index in [1.165, 1.54) is 12.6 Å². The van der Waals surface area contributed by atoms with Gasteiger partial charge in [-0.1, -0.05) is 20.8 Å². The van der Waals surface area contributed by atoms with E-state index in [1.54, 1.807) is 12.4 Å². The maximum atomic E-state index is 12.7. The molecule has 8 heteroatoms. The molecular formula is C22H27BrN4O3. The van der Waals surface area contributed by atoms with Gasteiger partial charge in [0.2, 0.25) is 5.91 Å². The fourth-order valence-electron chi connectivity index (χ4n) is 4.96. The van der Waals surface area contributed by atoms with Gasteiger partial charge in [-0.2, -0.15) is 5.10 Å². The normalized spacial score (nSPS) is 26.5. The number of pyridine rings is 1. The van der Waals surface area contributed by atoms with Gasteiger partial charge in [-0.25, -0.2) is 4.68 Å². The van der Waals surface area contributed by atoms with Crippen LogP contribution in [0.2, 0.25) is 0 Å². The molecule has 0 spiro atoms. The predicted molar refractivity (Wildman–Crippen MR) is 116 cm³/mol. The van der Waals surface area contributed by atoms with E-state index in [-0.39, 0.29) is 24.1 Å². The SMILES string of the molecule is C[C@H]1[C@H]2C[C@H](C[C@H]1Oc1cnn(CC(=O)NCc3ccncc3)c(=O)c1Br)C2(C)C. The Bertz CT molecular complexity index is 992. The lowest BCUT2D eigenvalue weighted by Gasteiger charge is -2.61. The molecule has 0 unspecified atom stereocenters. The molecule has 2 bridgehead atoms. The Morgan fingerprint density at radius 1 is 1.33 bits per heavy atom. The highest BCUT2D eigenvalue weighted by atomic mass is 79.9. The van der Waals surface area contributed by atoms with Crippen LogP contribution in [0.25, 0.3) is 0 Å². The average molecular weight is 475 g/mol. The summed E-state index contributed by atoms with van der Waals surface area (Å²) in [7, 11) is 0. The zero-order valence-corrected chi connectivity index (χ0v) is 19.1. The molecule has 0 saturated heterocycles. The number of carbonyl (C=O) groups is 1. The van der Waals surface area contributed by atoms with E-state index >= 15 is 0 Å². The number of carbonyl (C=O) groups excluding carboxylic acids is 1. The molecule has 30 heavy (non-hydrogen) atoms. The maximum absolute atomic E-state index is 12.7. The van der Waals surface area contributed by atoms with Crippen molar-refractivity contribution in [2.24, 2.45) is 23.2 Å². The summed E-state index contributed by atoms with van der Waals surface area (Å²) in [6.07, 6.45) is 7.21. The van der Waals surface area contributed by atoms with Crippen molar-refractivity contribution in [2.75, 3.05) is 0 Å². The van der Waals surface area contributed by atoms with Crippen LogP contribution in [0.5, 0.6) is 5.75 Å². The first-order valence-electron chi connectivity index (χ1n) is 10.3. The van der Waals surface area contributed by atoms with Crippen LogP contribution in [0.4, 0.5) is 0 Å². The molecule has 4 atom stereocenters. The van der Waals surface area contributed by atoms with Gasteiger partial charge >= 0.3 is 0 Å². The molecule has 5 rings (SSSR count). The summed E-state index contributed by atoms with van der Waals surface area (Å²) in [6.45, 7) is 7.15. The van der Waals surface area contributed by atoms with Crippen LogP contribution in [0.15, 0.2) is 40.0 Å². The summed E-state index contributed by atoms with van der Waals surface area (Å²) in [4.78, 5) is 28.9. The zero-order valence-electron chi connectivity index (χ0n) is 17.5. The third-order valence-electron chi connectivity index (χ3n) is 7.05. The molecule has 1 amide bonds. The summed E-state index contributed by atoms with van der Waals surface area (Å²) < 4.78 is 7.66. The number of hydrogen-bond acceptors (Lipinski definition) is 5. The lowest BCUT2D eigenvalue weighted by Crippen LogP contribution is -2.58. The minimum atomic E-state index is -0.375. The average Bonchev–Trinajstić information content (AvgIpc) is 2.73. The Balaban J connectivity index is 1.39. The molecule has 3 fully saturated rings. The molecule has 0 aromatic carbocycles. The third-order valence-corrected chi connectivity index (χ3v) is 7.78. The molecular weight excluding hydrogens is 448 g/mol. The van der Waals surface area contributed by atoms with Gasteiger partial charge in [0.25, 0.3) is 5.56 Å². The van der Waals surface area contributed by atoms with E-state index in [2.05, 4.69) is 52.1 Å². The second kappa shape index (κ2) is 8.13. The van der Waals surface area contributed by atoms with Crippen molar-refractivity contribution in [1.82, 2.24) is 20.1 Å². The Kier molecular flexibility index (Phi) is 5.70. The van der Waals surface area contributed by atoms with Gasteiger partial charge in [0.05, 0.1) is 6.20 Å². The van der Waals surface area contributed by atoms with Crippen molar-refractivity contribution in [3.05, 3.63) is 51.1 Å². The van der Waals surface area contributed by atoms with Crippen molar-refractivity contribution < 1.29 is 9.53 Å². The van der Waals surface area contributed by atoms with E-state index < -0.39 is 0 Å². The predicted octanol–water partition coefficient (Wildman–Crippen LogP) is 3.17. The quantitative estimate of drug-likeness (QED) is 0.694. The molecule has 2 aromatic heterocycles. The highest BCUT2D eigenvalue weighted by Crippen LogP contribution is 2.61. The summed E-state index contributed by atoms with van der Waals surface area (Å²) >= 11 is 3.36. The van der Waals surface area contributed by atoms with Gasteiger partial charge in [-0.05, 0) is 69.6 Å². The van der Waals surface area contributed by atoms with Crippen LogP contribution >= 0.6 is 15.9 Å². The van der Waals surface area contributed by atoms with Gasteiger partial charge in [0.1, 0.15) is 17.1 Å². The van der Waals surface area contributed by atoms with Crippen molar-refractivity contribution in [1.29, 1.82) is 0 Å². The minimum absolute atomic E-state index is 0.0822. The number of nitrogens with zero attached hydrogens (tertiary/aromatic N) is 3. The van der Waals surface area contributed by atoms with Crippen molar-refractivity contribution in [3.8, 4) is 5.75 Å². The Labute approximate surface area is 184 Å². The van der Waals surface area contributed by atoms with Crippen molar-refractivity contribution in [3.63, 3.8) is 0 Å². The lowest BCUT2D eigenvalue weighted by molar-refractivity contribution is -0.147. The lowest BCUT2D eigenvalue weighted by atomic mass is 9.45.